The van der Waals surface area contributed by atoms with Gasteiger partial charge in [-0.25, -0.2) is 4.98 Å². The standard InChI is InChI=1S/C17H18BrN3O/c1-16(5-6-16)17(2)7-13(17)21-15(22)12-4-3-10-8-19-9-11(18)14(10)20-12/h3-4,8-9,13H,5-7H2,1-2H3,(H,21,22). The first kappa shape index (κ1) is 14.1. The van der Waals surface area contributed by atoms with Crippen LogP contribution in [0.4, 0.5) is 0 Å². The minimum absolute atomic E-state index is 0.0800. The number of fused-ring (bicyclic) bond motifs is 1. The number of nitrogens with one attached hydrogen (secondary N) is 1. The number of carbonyl (C=O) groups excluding carboxylic acids is 1. The molecule has 2 aromatic heterocycles. The number of nitrogens with zero attached hydrogens (tertiary/aromatic N) is 2. The minimum atomic E-state index is -0.0800. The van der Waals surface area contributed by atoms with Gasteiger partial charge in [0.1, 0.15) is 5.69 Å². The molecule has 2 aliphatic carbocycles. The average Bonchev–Trinajstić information content (AvgIpc) is 3.39. The predicted molar refractivity (Wildman–Crippen MR) is 88.6 cm³/mol. The van der Waals surface area contributed by atoms with Crippen molar-refractivity contribution in [2.45, 2.75) is 39.2 Å². The number of amides is 1. The lowest BCUT2D eigenvalue weighted by Gasteiger charge is -2.19. The Morgan fingerprint density at radius 3 is 2.82 bits per heavy atom. The Bertz CT molecular complexity index is 787. The largest absolute Gasteiger partial charge is 0.347 e. The van der Waals surface area contributed by atoms with Crippen molar-refractivity contribution in [3.05, 3.63) is 34.7 Å². The van der Waals surface area contributed by atoms with E-state index in [1.54, 1.807) is 18.5 Å². The Hall–Kier alpha value is -1.49. The molecule has 114 valence electrons. The average molecular weight is 360 g/mol. The van der Waals surface area contributed by atoms with Crippen LogP contribution in [0, 0.1) is 10.8 Å². The molecule has 1 amide bonds. The van der Waals surface area contributed by atoms with Gasteiger partial charge in [-0.15, -0.1) is 0 Å². The van der Waals surface area contributed by atoms with Crippen LogP contribution in [-0.4, -0.2) is 21.9 Å². The molecule has 5 heteroatoms. The minimum Gasteiger partial charge on any atom is -0.347 e. The number of carbonyl (C=O) groups is 1. The molecule has 0 spiro atoms. The second kappa shape index (κ2) is 4.51. The van der Waals surface area contributed by atoms with E-state index in [-0.39, 0.29) is 17.4 Å². The molecule has 0 radical (unpaired) electrons. The first-order valence-electron chi connectivity index (χ1n) is 7.64. The van der Waals surface area contributed by atoms with Crippen LogP contribution in [0.15, 0.2) is 29.0 Å². The molecule has 2 fully saturated rings. The highest BCUT2D eigenvalue weighted by atomic mass is 79.9. The van der Waals surface area contributed by atoms with Crippen LogP contribution in [0.5, 0.6) is 0 Å². The van der Waals surface area contributed by atoms with E-state index in [4.69, 9.17) is 0 Å². The topological polar surface area (TPSA) is 54.9 Å². The maximum Gasteiger partial charge on any atom is 0.270 e. The van der Waals surface area contributed by atoms with Crippen LogP contribution in [0.2, 0.25) is 0 Å². The molecule has 0 aromatic carbocycles. The lowest BCUT2D eigenvalue weighted by Crippen LogP contribution is -2.32. The van der Waals surface area contributed by atoms with Crippen LogP contribution in [0.1, 0.15) is 43.6 Å². The lowest BCUT2D eigenvalue weighted by atomic mass is 9.88. The first-order chi connectivity index (χ1) is 10.4. The van der Waals surface area contributed by atoms with Gasteiger partial charge in [0.15, 0.2) is 0 Å². The molecule has 22 heavy (non-hydrogen) atoms. The van der Waals surface area contributed by atoms with Crippen LogP contribution in [-0.2, 0) is 0 Å². The van der Waals surface area contributed by atoms with E-state index in [0.29, 0.717) is 11.1 Å². The highest BCUT2D eigenvalue weighted by Crippen LogP contribution is 2.69. The summed E-state index contributed by atoms with van der Waals surface area (Å²) in [7, 11) is 0. The van der Waals surface area contributed by atoms with E-state index in [0.717, 1.165) is 21.8 Å². The molecular formula is C17H18BrN3O. The molecule has 2 atom stereocenters. The van der Waals surface area contributed by atoms with Crippen LogP contribution in [0.3, 0.4) is 0 Å². The molecule has 0 aliphatic heterocycles. The van der Waals surface area contributed by atoms with E-state index < -0.39 is 0 Å². The quantitative estimate of drug-likeness (QED) is 0.908. The Morgan fingerprint density at radius 2 is 2.09 bits per heavy atom. The van der Waals surface area contributed by atoms with Gasteiger partial charge in [0.2, 0.25) is 0 Å². The molecule has 0 saturated heterocycles. The molecule has 2 unspecified atom stereocenters. The summed E-state index contributed by atoms with van der Waals surface area (Å²) in [4.78, 5) is 21.1. The van der Waals surface area contributed by atoms with Crippen LogP contribution in [0.25, 0.3) is 10.9 Å². The number of hydrogen-bond donors (Lipinski definition) is 1. The summed E-state index contributed by atoms with van der Waals surface area (Å²) in [6, 6.07) is 3.94. The fourth-order valence-corrected chi connectivity index (χ4v) is 3.81. The smallest absolute Gasteiger partial charge is 0.270 e. The number of aromatic nitrogens is 2. The second-order valence-electron chi connectivity index (χ2n) is 7.10. The van der Waals surface area contributed by atoms with Crippen molar-refractivity contribution in [3.63, 3.8) is 0 Å². The Labute approximate surface area is 137 Å². The van der Waals surface area contributed by atoms with Gasteiger partial charge in [-0.05, 0) is 58.2 Å². The van der Waals surface area contributed by atoms with Gasteiger partial charge < -0.3 is 5.32 Å². The SMILES string of the molecule is CC1(C2(C)CC2NC(=O)c2ccc3cncc(Br)c3n2)CC1. The normalized spacial score (nSPS) is 28.4. The van der Waals surface area contributed by atoms with Gasteiger partial charge in [-0.3, -0.25) is 9.78 Å². The highest BCUT2D eigenvalue weighted by Gasteiger charge is 2.66. The van der Waals surface area contributed by atoms with E-state index in [9.17, 15) is 4.79 Å². The summed E-state index contributed by atoms with van der Waals surface area (Å²) in [5.74, 6) is -0.0800. The Kier molecular flexibility index (Phi) is 2.89. The van der Waals surface area contributed by atoms with Crippen molar-refractivity contribution in [3.8, 4) is 0 Å². The zero-order valence-electron chi connectivity index (χ0n) is 12.7. The lowest BCUT2D eigenvalue weighted by molar-refractivity contribution is 0.0937. The fraction of sp³-hybridized carbons (Fsp3) is 0.471. The van der Waals surface area contributed by atoms with Gasteiger partial charge in [0, 0.05) is 23.8 Å². The summed E-state index contributed by atoms with van der Waals surface area (Å²) in [6.07, 6.45) is 7.09. The summed E-state index contributed by atoms with van der Waals surface area (Å²) >= 11 is 3.44. The van der Waals surface area contributed by atoms with Crippen molar-refractivity contribution < 1.29 is 4.79 Å². The van der Waals surface area contributed by atoms with Gasteiger partial charge in [0.05, 0.1) is 9.99 Å². The monoisotopic (exact) mass is 359 g/mol. The van der Waals surface area contributed by atoms with Gasteiger partial charge in [-0.2, -0.15) is 0 Å². The Balaban J connectivity index is 1.55. The van der Waals surface area contributed by atoms with E-state index in [1.807, 2.05) is 6.07 Å². The summed E-state index contributed by atoms with van der Waals surface area (Å²) in [5.41, 5.74) is 1.94. The van der Waals surface area contributed by atoms with E-state index >= 15 is 0 Å². The van der Waals surface area contributed by atoms with E-state index in [2.05, 4.69) is 45.1 Å². The van der Waals surface area contributed by atoms with Crippen LogP contribution < -0.4 is 5.32 Å². The van der Waals surface area contributed by atoms with Crippen molar-refractivity contribution in [1.82, 2.24) is 15.3 Å². The van der Waals surface area contributed by atoms with Gasteiger partial charge >= 0.3 is 0 Å². The molecule has 2 saturated carbocycles. The van der Waals surface area contributed by atoms with Crippen molar-refractivity contribution in [1.29, 1.82) is 0 Å². The number of hydrogen-bond acceptors (Lipinski definition) is 3. The maximum absolute atomic E-state index is 12.5. The third kappa shape index (κ3) is 2.06. The molecule has 0 bridgehead atoms. The van der Waals surface area contributed by atoms with Crippen molar-refractivity contribution in [2.24, 2.45) is 10.8 Å². The van der Waals surface area contributed by atoms with Gasteiger partial charge in [0.25, 0.3) is 5.91 Å². The summed E-state index contributed by atoms with van der Waals surface area (Å²) in [5, 5.41) is 4.08. The van der Waals surface area contributed by atoms with Crippen molar-refractivity contribution in [2.75, 3.05) is 0 Å². The second-order valence-corrected chi connectivity index (χ2v) is 7.95. The highest BCUT2D eigenvalue weighted by molar-refractivity contribution is 9.10. The van der Waals surface area contributed by atoms with Crippen LogP contribution >= 0.6 is 15.9 Å². The molecular weight excluding hydrogens is 342 g/mol. The third-order valence-corrected chi connectivity index (χ3v) is 6.29. The molecule has 4 rings (SSSR count). The molecule has 4 nitrogen and oxygen atoms in total. The van der Waals surface area contributed by atoms with E-state index in [1.165, 1.54) is 12.8 Å². The van der Waals surface area contributed by atoms with Gasteiger partial charge in [-0.1, -0.05) is 13.8 Å². The summed E-state index contributed by atoms with van der Waals surface area (Å²) < 4.78 is 0.807. The zero-order chi connectivity index (χ0) is 15.5. The molecule has 2 aliphatic rings. The summed E-state index contributed by atoms with van der Waals surface area (Å²) in [6.45, 7) is 4.62. The number of halogens is 1. The number of pyridine rings is 2. The molecule has 2 heterocycles. The molecule has 1 N–H and O–H groups in total. The predicted octanol–water partition coefficient (Wildman–Crippen LogP) is 3.70. The van der Waals surface area contributed by atoms with Crippen molar-refractivity contribution >= 4 is 32.7 Å². The molecule has 2 aromatic rings. The third-order valence-electron chi connectivity index (χ3n) is 5.71. The Morgan fingerprint density at radius 1 is 1.32 bits per heavy atom. The zero-order valence-corrected chi connectivity index (χ0v) is 14.3. The number of rotatable bonds is 3. The maximum atomic E-state index is 12.5. The fourth-order valence-electron chi connectivity index (χ4n) is 3.37. The first-order valence-corrected chi connectivity index (χ1v) is 8.43.